The molecule has 1 unspecified atom stereocenters. The predicted octanol–water partition coefficient (Wildman–Crippen LogP) is 3.60. The fourth-order valence-corrected chi connectivity index (χ4v) is 2.21. The number of rotatable bonds is 5. The molecule has 1 heterocycles. The number of hydrogen-bond donors (Lipinski definition) is 1. The third-order valence-corrected chi connectivity index (χ3v) is 3.56. The van der Waals surface area contributed by atoms with Gasteiger partial charge in [-0.15, -0.1) is 0 Å². The van der Waals surface area contributed by atoms with Gasteiger partial charge in [0.25, 0.3) is 0 Å². The van der Waals surface area contributed by atoms with Crippen LogP contribution in [0.1, 0.15) is 33.0 Å². The van der Waals surface area contributed by atoms with Gasteiger partial charge < -0.3 is 9.88 Å². The molecule has 2 rings (SSSR count). The van der Waals surface area contributed by atoms with Crippen LogP contribution in [0.2, 0.25) is 5.02 Å². The van der Waals surface area contributed by atoms with Crippen molar-refractivity contribution in [2.75, 3.05) is 0 Å². The molecule has 18 heavy (non-hydrogen) atoms. The first kappa shape index (κ1) is 13.4. The second kappa shape index (κ2) is 5.72. The average molecular weight is 266 g/mol. The molecule has 2 aromatic rings. The maximum absolute atomic E-state index is 6.05. The molecule has 1 N–H and O–H groups in total. The molecule has 3 nitrogen and oxygen atoms in total. The van der Waals surface area contributed by atoms with E-state index in [2.05, 4.69) is 35.6 Å². The molecule has 0 bridgehead atoms. The van der Waals surface area contributed by atoms with E-state index in [0.29, 0.717) is 6.04 Å². The lowest BCUT2D eigenvalue weighted by Gasteiger charge is -2.12. The molecule has 0 aliphatic carbocycles. The van der Waals surface area contributed by atoms with Gasteiger partial charge in [-0.1, -0.05) is 18.5 Å². The number of hydrogen-bond acceptors (Lipinski definition) is 2. The van der Waals surface area contributed by atoms with Gasteiger partial charge in [-0.3, -0.25) is 0 Å². The number of aromatic nitrogens is 2. The minimum Gasteiger partial charge on any atom is -0.327 e. The van der Waals surface area contributed by atoms with Crippen molar-refractivity contribution in [2.24, 2.45) is 0 Å². The minimum absolute atomic E-state index is 0.513. The summed E-state index contributed by atoms with van der Waals surface area (Å²) in [6.07, 6.45) is 1.12. The van der Waals surface area contributed by atoms with Crippen molar-refractivity contribution in [3.63, 3.8) is 0 Å². The third-order valence-electron chi connectivity index (χ3n) is 3.33. The Bertz CT molecular complexity index is 533. The minimum atomic E-state index is 0.513. The van der Waals surface area contributed by atoms with Crippen LogP contribution >= 0.6 is 11.6 Å². The molecule has 1 atom stereocenters. The molecule has 0 amide bonds. The van der Waals surface area contributed by atoms with Crippen molar-refractivity contribution >= 4 is 22.6 Å². The van der Waals surface area contributed by atoms with Crippen LogP contribution in [0.25, 0.3) is 11.0 Å². The van der Waals surface area contributed by atoms with Gasteiger partial charge in [0.2, 0.25) is 0 Å². The lowest BCUT2D eigenvalue weighted by Crippen LogP contribution is -2.26. The van der Waals surface area contributed by atoms with Gasteiger partial charge in [0, 0.05) is 17.6 Å². The van der Waals surface area contributed by atoms with Crippen LogP contribution in [-0.2, 0) is 13.1 Å². The van der Waals surface area contributed by atoms with Gasteiger partial charge in [0.15, 0.2) is 0 Å². The number of nitrogens with zero attached hydrogens (tertiary/aromatic N) is 2. The van der Waals surface area contributed by atoms with Crippen molar-refractivity contribution < 1.29 is 0 Å². The smallest absolute Gasteiger partial charge is 0.123 e. The SMILES string of the molecule is CCC(C)NCc1nc2ccc(Cl)cc2n1CC. The Hall–Kier alpha value is -1.06. The zero-order chi connectivity index (χ0) is 13.1. The monoisotopic (exact) mass is 265 g/mol. The summed E-state index contributed by atoms with van der Waals surface area (Å²) in [4.78, 5) is 4.67. The van der Waals surface area contributed by atoms with E-state index in [1.807, 2.05) is 18.2 Å². The number of nitrogens with one attached hydrogen (secondary N) is 1. The summed E-state index contributed by atoms with van der Waals surface area (Å²) in [6, 6.07) is 6.37. The molecule has 4 heteroatoms. The molecule has 0 aliphatic rings. The van der Waals surface area contributed by atoms with E-state index >= 15 is 0 Å². The molecule has 98 valence electrons. The molecule has 1 aromatic heterocycles. The van der Waals surface area contributed by atoms with E-state index in [-0.39, 0.29) is 0 Å². The standard InChI is InChI=1S/C14H20ClN3/c1-4-10(3)16-9-14-17-12-7-6-11(15)8-13(12)18(14)5-2/h6-8,10,16H,4-5,9H2,1-3H3. The molecule has 0 aliphatic heterocycles. The third kappa shape index (κ3) is 2.68. The van der Waals surface area contributed by atoms with Crippen LogP contribution in [0.5, 0.6) is 0 Å². The van der Waals surface area contributed by atoms with Crippen LogP contribution in [0.4, 0.5) is 0 Å². The summed E-state index contributed by atoms with van der Waals surface area (Å²) >= 11 is 6.05. The quantitative estimate of drug-likeness (QED) is 0.895. The first-order chi connectivity index (χ1) is 8.65. The molecule has 0 radical (unpaired) electrons. The van der Waals surface area contributed by atoms with E-state index in [4.69, 9.17) is 11.6 Å². The fourth-order valence-electron chi connectivity index (χ4n) is 2.04. The maximum atomic E-state index is 6.05. The van der Waals surface area contributed by atoms with E-state index in [0.717, 1.165) is 41.4 Å². The summed E-state index contributed by atoms with van der Waals surface area (Å²) < 4.78 is 2.22. The maximum Gasteiger partial charge on any atom is 0.123 e. The zero-order valence-electron chi connectivity index (χ0n) is 11.2. The normalized spacial score (nSPS) is 13.1. The fraction of sp³-hybridized carbons (Fsp3) is 0.500. The van der Waals surface area contributed by atoms with Crippen LogP contribution in [0, 0.1) is 0 Å². The number of aryl methyl sites for hydroxylation is 1. The van der Waals surface area contributed by atoms with Gasteiger partial charge in [-0.2, -0.15) is 0 Å². The van der Waals surface area contributed by atoms with Crippen LogP contribution in [0.15, 0.2) is 18.2 Å². The van der Waals surface area contributed by atoms with Crippen molar-refractivity contribution in [3.8, 4) is 0 Å². The first-order valence-corrected chi connectivity index (χ1v) is 6.91. The van der Waals surface area contributed by atoms with Gasteiger partial charge >= 0.3 is 0 Å². The van der Waals surface area contributed by atoms with Crippen LogP contribution in [0.3, 0.4) is 0 Å². The molecule has 0 spiro atoms. The summed E-state index contributed by atoms with van der Waals surface area (Å²) in [7, 11) is 0. The molecule has 0 saturated heterocycles. The lowest BCUT2D eigenvalue weighted by molar-refractivity contribution is 0.512. The highest BCUT2D eigenvalue weighted by Crippen LogP contribution is 2.20. The first-order valence-electron chi connectivity index (χ1n) is 6.53. The van der Waals surface area contributed by atoms with Crippen molar-refractivity contribution in [3.05, 3.63) is 29.0 Å². The second-order valence-corrected chi connectivity index (χ2v) is 5.03. The Morgan fingerprint density at radius 2 is 2.17 bits per heavy atom. The lowest BCUT2D eigenvalue weighted by atomic mass is 10.2. The Morgan fingerprint density at radius 1 is 1.39 bits per heavy atom. The number of halogens is 1. The highest BCUT2D eigenvalue weighted by molar-refractivity contribution is 6.31. The number of fused-ring (bicyclic) bond motifs is 1. The molecular weight excluding hydrogens is 246 g/mol. The van der Waals surface area contributed by atoms with E-state index in [1.165, 1.54) is 0 Å². The van der Waals surface area contributed by atoms with Crippen molar-refractivity contribution in [2.45, 2.75) is 46.3 Å². The van der Waals surface area contributed by atoms with Gasteiger partial charge in [-0.25, -0.2) is 4.98 Å². The van der Waals surface area contributed by atoms with E-state index in [1.54, 1.807) is 0 Å². The second-order valence-electron chi connectivity index (χ2n) is 4.60. The Balaban J connectivity index is 2.32. The molecule has 0 saturated carbocycles. The van der Waals surface area contributed by atoms with Gasteiger partial charge in [-0.05, 0) is 38.5 Å². The zero-order valence-corrected chi connectivity index (χ0v) is 12.0. The Labute approximate surface area is 113 Å². The summed E-state index contributed by atoms with van der Waals surface area (Å²) in [5, 5.41) is 4.25. The van der Waals surface area contributed by atoms with Gasteiger partial charge in [0.1, 0.15) is 5.82 Å². The average Bonchev–Trinajstić information content (AvgIpc) is 2.72. The van der Waals surface area contributed by atoms with Gasteiger partial charge in [0.05, 0.1) is 17.6 Å². The highest BCUT2D eigenvalue weighted by Gasteiger charge is 2.10. The Kier molecular flexibility index (Phi) is 4.25. The van der Waals surface area contributed by atoms with Crippen molar-refractivity contribution in [1.82, 2.24) is 14.9 Å². The molecule has 1 aromatic carbocycles. The van der Waals surface area contributed by atoms with Crippen LogP contribution in [-0.4, -0.2) is 15.6 Å². The largest absolute Gasteiger partial charge is 0.327 e. The van der Waals surface area contributed by atoms with E-state index in [9.17, 15) is 0 Å². The van der Waals surface area contributed by atoms with Crippen LogP contribution < -0.4 is 5.32 Å². The number of benzene rings is 1. The predicted molar refractivity (Wildman–Crippen MR) is 77.0 cm³/mol. The topological polar surface area (TPSA) is 29.9 Å². The summed E-state index contributed by atoms with van der Waals surface area (Å²) in [6.45, 7) is 8.22. The Morgan fingerprint density at radius 3 is 2.83 bits per heavy atom. The summed E-state index contributed by atoms with van der Waals surface area (Å²) in [5.74, 6) is 1.08. The highest BCUT2D eigenvalue weighted by atomic mass is 35.5. The molecule has 0 fully saturated rings. The molecular formula is C14H20ClN3. The summed E-state index contributed by atoms with van der Waals surface area (Å²) in [5.41, 5.74) is 2.13. The van der Waals surface area contributed by atoms with E-state index < -0.39 is 0 Å². The number of imidazole rings is 1. The van der Waals surface area contributed by atoms with Crippen molar-refractivity contribution in [1.29, 1.82) is 0 Å².